The summed E-state index contributed by atoms with van der Waals surface area (Å²) >= 11 is 0. The minimum Gasteiger partial charge on any atom is -0.383 e. The lowest BCUT2D eigenvalue weighted by Gasteiger charge is -2.29. The second-order valence-corrected chi connectivity index (χ2v) is 9.54. The number of aromatic nitrogens is 3. The van der Waals surface area contributed by atoms with Crippen LogP contribution in [0.5, 0.6) is 0 Å². The Balaban J connectivity index is 1.52. The molecule has 1 aliphatic heterocycles. The van der Waals surface area contributed by atoms with E-state index in [0.717, 1.165) is 65.6 Å². The summed E-state index contributed by atoms with van der Waals surface area (Å²) in [6.07, 6.45) is 8.03. The van der Waals surface area contributed by atoms with Crippen molar-refractivity contribution in [1.29, 1.82) is 0 Å². The van der Waals surface area contributed by atoms with Gasteiger partial charge in [0.1, 0.15) is 11.6 Å². The molecule has 1 fully saturated rings. The predicted octanol–water partition coefficient (Wildman–Crippen LogP) is 3.72. The molecule has 0 spiro atoms. The molecule has 4 heterocycles. The zero-order valence-corrected chi connectivity index (χ0v) is 20.4. The average Bonchev–Trinajstić information content (AvgIpc) is 2.89. The Bertz CT molecular complexity index is 1380. The molecule has 5 N–H and O–H groups in total. The molecule has 8 nitrogen and oxygen atoms in total. The molecule has 0 saturated carbocycles. The van der Waals surface area contributed by atoms with Crippen molar-refractivity contribution in [2.75, 3.05) is 37.7 Å². The lowest BCUT2D eigenvalue weighted by Crippen LogP contribution is -2.33. The smallest absolute Gasteiger partial charge is 0.252 e. The molecule has 8 heteroatoms. The number of carbonyl (C=O) groups is 1. The van der Waals surface area contributed by atoms with Crippen LogP contribution >= 0.6 is 0 Å². The fourth-order valence-corrected chi connectivity index (χ4v) is 4.84. The van der Waals surface area contributed by atoms with E-state index in [9.17, 15) is 4.79 Å². The Kier molecular flexibility index (Phi) is 6.77. The number of benzene rings is 1. The maximum absolute atomic E-state index is 12.4. The molecule has 3 aromatic heterocycles. The summed E-state index contributed by atoms with van der Waals surface area (Å²) in [6, 6.07) is 13.8. The number of anilines is 2. The highest BCUT2D eigenvalue weighted by molar-refractivity contribution is 5.99. The van der Waals surface area contributed by atoms with Crippen molar-refractivity contribution in [2.45, 2.75) is 19.3 Å². The fraction of sp³-hybridized carbons (Fsp3) is 0.286. The minimum absolute atomic E-state index is 0.392. The van der Waals surface area contributed by atoms with E-state index in [1.54, 1.807) is 18.6 Å². The number of nitrogen functional groups attached to an aromatic ring is 1. The van der Waals surface area contributed by atoms with E-state index < -0.39 is 5.91 Å². The monoisotopic (exact) mass is 481 g/mol. The van der Waals surface area contributed by atoms with E-state index in [4.69, 9.17) is 16.5 Å². The van der Waals surface area contributed by atoms with Crippen LogP contribution in [0.1, 0.15) is 34.5 Å². The Morgan fingerprint density at radius 3 is 2.72 bits per heavy atom. The van der Waals surface area contributed by atoms with Gasteiger partial charge in [-0.25, -0.2) is 9.97 Å². The van der Waals surface area contributed by atoms with Crippen LogP contribution in [-0.4, -0.2) is 52.4 Å². The van der Waals surface area contributed by atoms with Crippen molar-refractivity contribution in [3.8, 4) is 11.1 Å². The molecule has 0 radical (unpaired) electrons. The number of pyridine rings is 3. The van der Waals surface area contributed by atoms with Crippen molar-refractivity contribution in [2.24, 2.45) is 11.7 Å². The van der Waals surface area contributed by atoms with E-state index >= 15 is 0 Å². The number of carbonyl (C=O) groups excluding carboxylic acids is 1. The van der Waals surface area contributed by atoms with Gasteiger partial charge in [0, 0.05) is 48.1 Å². The zero-order chi connectivity index (χ0) is 25.1. The van der Waals surface area contributed by atoms with Gasteiger partial charge in [-0.2, -0.15) is 0 Å². The van der Waals surface area contributed by atoms with Crippen LogP contribution in [0.4, 0.5) is 11.6 Å². The van der Waals surface area contributed by atoms with Crippen LogP contribution in [0.3, 0.4) is 0 Å². The molecule has 0 aliphatic carbocycles. The zero-order valence-electron chi connectivity index (χ0n) is 20.4. The van der Waals surface area contributed by atoms with Crippen LogP contribution in [0.15, 0.2) is 61.1 Å². The second-order valence-electron chi connectivity index (χ2n) is 9.54. The summed E-state index contributed by atoms with van der Waals surface area (Å²) in [5, 5.41) is 5.40. The van der Waals surface area contributed by atoms with Crippen LogP contribution in [0, 0.1) is 5.92 Å². The van der Waals surface area contributed by atoms with Crippen LogP contribution in [0.25, 0.3) is 21.9 Å². The number of likely N-dealkylation sites (tertiary alicyclic amines) is 1. The molecule has 184 valence electrons. The molecule has 1 saturated heterocycles. The number of hydrogen-bond donors (Lipinski definition) is 3. The lowest BCUT2D eigenvalue weighted by atomic mass is 9.96. The van der Waals surface area contributed by atoms with Gasteiger partial charge in [0.05, 0.1) is 11.3 Å². The molecule has 1 aromatic carbocycles. The molecule has 1 aliphatic rings. The Labute approximate surface area is 210 Å². The second kappa shape index (κ2) is 10.3. The Morgan fingerprint density at radius 1 is 1.14 bits per heavy atom. The molecule has 0 atom stereocenters. The summed E-state index contributed by atoms with van der Waals surface area (Å²) in [5.41, 5.74) is 15.9. The highest BCUT2D eigenvalue weighted by atomic mass is 16.1. The van der Waals surface area contributed by atoms with E-state index in [2.05, 4.69) is 33.3 Å². The summed E-state index contributed by atoms with van der Waals surface area (Å²) in [6.45, 7) is 2.92. The van der Waals surface area contributed by atoms with Crippen molar-refractivity contribution in [3.05, 3.63) is 77.9 Å². The average molecular weight is 482 g/mol. The lowest BCUT2D eigenvalue weighted by molar-refractivity contribution is 0.100. The third-order valence-corrected chi connectivity index (χ3v) is 6.97. The van der Waals surface area contributed by atoms with Crippen LogP contribution < -0.4 is 16.8 Å². The Hall–Kier alpha value is -4.04. The molecule has 1 amide bonds. The van der Waals surface area contributed by atoms with Gasteiger partial charge in [-0.05, 0) is 68.0 Å². The third kappa shape index (κ3) is 5.13. The number of piperidine rings is 1. The van der Waals surface area contributed by atoms with Gasteiger partial charge in [0.2, 0.25) is 0 Å². The van der Waals surface area contributed by atoms with E-state index in [1.807, 2.05) is 36.4 Å². The number of amides is 1. The first-order valence-electron chi connectivity index (χ1n) is 12.3. The van der Waals surface area contributed by atoms with Gasteiger partial charge in [-0.1, -0.05) is 24.3 Å². The number of primary amides is 1. The largest absolute Gasteiger partial charge is 0.383 e. The van der Waals surface area contributed by atoms with Crippen molar-refractivity contribution in [1.82, 2.24) is 19.9 Å². The third-order valence-electron chi connectivity index (χ3n) is 6.97. The number of rotatable bonds is 7. The number of nitrogens with two attached hydrogens (primary N) is 2. The van der Waals surface area contributed by atoms with Gasteiger partial charge in [-0.15, -0.1) is 0 Å². The van der Waals surface area contributed by atoms with Gasteiger partial charge >= 0.3 is 0 Å². The minimum atomic E-state index is -0.501. The van der Waals surface area contributed by atoms with Gasteiger partial charge in [0.15, 0.2) is 0 Å². The summed E-state index contributed by atoms with van der Waals surface area (Å²) < 4.78 is 0. The quantitative estimate of drug-likeness (QED) is 0.368. The molecule has 5 rings (SSSR count). The number of nitrogens with zero attached hydrogens (tertiary/aromatic N) is 4. The van der Waals surface area contributed by atoms with E-state index in [-0.39, 0.29) is 0 Å². The molecular weight excluding hydrogens is 450 g/mol. The molecule has 36 heavy (non-hydrogen) atoms. The maximum Gasteiger partial charge on any atom is 0.252 e. The van der Waals surface area contributed by atoms with Crippen LogP contribution in [-0.2, 0) is 6.42 Å². The predicted molar refractivity (Wildman–Crippen MR) is 144 cm³/mol. The first-order valence-corrected chi connectivity index (χ1v) is 12.3. The SMILES string of the molecule is CN1CCC(CNc2nc(Cc3ccc4c(N)nccc4c3)c(-c3cccnc3)cc2C(N)=O)CC1. The van der Waals surface area contributed by atoms with Crippen molar-refractivity contribution < 1.29 is 4.79 Å². The number of fused-ring (bicyclic) bond motifs is 1. The van der Waals surface area contributed by atoms with E-state index in [1.165, 1.54) is 0 Å². The highest BCUT2D eigenvalue weighted by Gasteiger charge is 2.20. The first-order chi connectivity index (χ1) is 17.5. The first kappa shape index (κ1) is 23.7. The molecular formula is C28H31N7O. The fourth-order valence-electron chi connectivity index (χ4n) is 4.84. The molecule has 0 bridgehead atoms. The number of hydrogen-bond acceptors (Lipinski definition) is 7. The Morgan fingerprint density at radius 2 is 1.97 bits per heavy atom. The number of nitrogens with one attached hydrogen (secondary N) is 1. The van der Waals surface area contributed by atoms with Crippen molar-refractivity contribution >= 4 is 28.3 Å². The van der Waals surface area contributed by atoms with Crippen LogP contribution in [0.2, 0.25) is 0 Å². The normalized spacial score (nSPS) is 14.7. The highest BCUT2D eigenvalue weighted by Crippen LogP contribution is 2.30. The summed E-state index contributed by atoms with van der Waals surface area (Å²) in [5.74, 6) is 1.08. The van der Waals surface area contributed by atoms with Gasteiger partial charge in [0.25, 0.3) is 5.91 Å². The summed E-state index contributed by atoms with van der Waals surface area (Å²) in [7, 11) is 2.15. The maximum atomic E-state index is 12.4. The summed E-state index contributed by atoms with van der Waals surface area (Å²) in [4.78, 5) is 28.2. The van der Waals surface area contributed by atoms with E-state index in [0.29, 0.717) is 29.5 Å². The molecule has 0 unspecified atom stereocenters. The van der Waals surface area contributed by atoms with Gasteiger partial charge < -0.3 is 21.7 Å². The van der Waals surface area contributed by atoms with Crippen molar-refractivity contribution in [3.63, 3.8) is 0 Å². The topological polar surface area (TPSA) is 123 Å². The van der Waals surface area contributed by atoms with Gasteiger partial charge in [-0.3, -0.25) is 9.78 Å². The molecule has 4 aromatic rings. The standard InChI is InChI=1S/C28H31N7O/c1-35-11-7-18(8-12-35)16-33-28-24(27(30)36)15-23(21-3-2-9-31-17-21)25(34-28)14-19-4-5-22-20(13-19)6-10-32-26(22)29/h2-6,9-10,13,15,17-18H,7-8,11-12,14,16H2,1H3,(H2,29,32)(H2,30,36)(H,33,34).